The summed E-state index contributed by atoms with van der Waals surface area (Å²) in [6.45, 7) is 0.648. The molecule has 32 heavy (non-hydrogen) atoms. The molecule has 9 heteroatoms. The topological polar surface area (TPSA) is 66.5 Å². The Kier molecular flexibility index (Phi) is 5.36. The first kappa shape index (κ1) is 22.2. The van der Waals surface area contributed by atoms with Gasteiger partial charge in [0.15, 0.2) is 0 Å². The summed E-state index contributed by atoms with van der Waals surface area (Å²) in [5, 5.41) is 3.09. The first-order valence-corrected chi connectivity index (χ1v) is 13.0. The van der Waals surface area contributed by atoms with Crippen LogP contribution < -0.4 is 5.32 Å². The van der Waals surface area contributed by atoms with E-state index in [4.69, 9.17) is 0 Å². The number of alkyl halides is 3. The number of hydrogen-bond acceptors (Lipinski definition) is 3. The number of nitrogens with zero attached hydrogens (tertiary/aromatic N) is 1. The van der Waals surface area contributed by atoms with E-state index < -0.39 is 26.7 Å². The standard InChI is InChI=1S/C23H29F3N2O3S/c24-23(25,26)19-3-1-2-4-20(19)32(30,31)28-6-5-15(14-28)13-27-21(29)22-10-16-7-17(11-22)9-18(8-16)12-22/h1-4,15-18H,5-14H2,(H,27,29). The zero-order chi connectivity index (χ0) is 22.7. The molecule has 1 unspecified atom stereocenters. The maximum Gasteiger partial charge on any atom is 0.417 e. The van der Waals surface area contributed by atoms with Crippen molar-refractivity contribution < 1.29 is 26.4 Å². The van der Waals surface area contributed by atoms with Crippen molar-refractivity contribution in [3.63, 3.8) is 0 Å². The summed E-state index contributed by atoms with van der Waals surface area (Å²) in [5.41, 5.74) is -1.40. The van der Waals surface area contributed by atoms with Gasteiger partial charge in [-0.3, -0.25) is 4.79 Å². The van der Waals surface area contributed by atoms with Crippen molar-refractivity contribution in [1.29, 1.82) is 0 Å². The Balaban J connectivity index is 1.23. The molecule has 1 saturated heterocycles. The van der Waals surface area contributed by atoms with Gasteiger partial charge in [-0.15, -0.1) is 0 Å². The third-order valence-corrected chi connectivity index (χ3v) is 10.1. The summed E-state index contributed by atoms with van der Waals surface area (Å²) in [7, 11) is -4.26. The second kappa shape index (κ2) is 7.72. The minimum absolute atomic E-state index is 0.0966. The Morgan fingerprint density at radius 1 is 1.06 bits per heavy atom. The number of benzene rings is 1. The molecular weight excluding hydrogens is 441 g/mol. The lowest BCUT2D eigenvalue weighted by Crippen LogP contribution is -2.54. The normalized spacial score (nSPS) is 34.7. The van der Waals surface area contributed by atoms with Crippen LogP contribution >= 0.6 is 0 Å². The van der Waals surface area contributed by atoms with E-state index in [0.29, 0.717) is 30.7 Å². The molecule has 1 amide bonds. The van der Waals surface area contributed by atoms with Crippen molar-refractivity contribution in [1.82, 2.24) is 9.62 Å². The first-order chi connectivity index (χ1) is 15.1. The van der Waals surface area contributed by atoms with E-state index in [2.05, 4.69) is 5.32 Å². The van der Waals surface area contributed by atoms with Crippen LogP contribution in [0.25, 0.3) is 0 Å². The smallest absolute Gasteiger partial charge is 0.355 e. The Bertz CT molecular complexity index is 973. The molecule has 5 nitrogen and oxygen atoms in total. The lowest BCUT2D eigenvalue weighted by Gasteiger charge is -2.55. The van der Waals surface area contributed by atoms with Gasteiger partial charge in [0, 0.05) is 25.0 Å². The van der Waals surface area contributed by atoms with Gasteiger partial charge >= 0.3 is 6.18 Å². The van der Waals surface area contributed by atoms with Crippen LogP contribution in [0.15, 0.2) is 29.2 Å². The minimum atomic E-state index is -4.74. The number of rotatable bonds is 5. The molecule has 1 atom stereocenters. The van der Waals surface area contributed by atoms with E-state index in [9.17, 15) is 26.4 Å². The van der Waals surface area contributed by atoms with E-state index in [1.807, 2.05) is 0 Å². The summed E-state index contributed by atoms with van der Waals surface area (Å²) in [6.07, 6.45) is 2.42. The molecule has 5 fully saturated rings. The largest absolute Gasteiger partial charge is 0.417 e. The van der Waals surface area contributed by atoms with Crippen LogP contribution in [0.4, 0.5) is 13.2 Å². The van der Waals surface area contributed by atoms with Crippen LogP contribution in [0.1, 0.15) is 50.5 Å². The minimum Gasteiger partial charge on any atom is -0.355 e. The summed E-state index contributed by atoms with van der Waals surface area (Å²) in [5.74, 6) is 1.98. The molecule has 6 rings (SSSR count). The monoisotopic (exact) mass is 470 g/mol. The van der Waals surface area contributed by atoms with Crippen molar-refractivity contribution in [2.75, 3.05) is 19.6 Å². The second-order valence-corrected chi connectivity index (χ2v) is 12.3. The quantitative estimate of drug-likeness (QED) is 0.706. The molecule has 1 aromatic carbocycles. The van der Waals surface area contributed by atoms with Crippen molar-refractivity contribution in [3.05, 3.63) is 29.8 Å². The summed E-state index contributed by atoms with van der Waals surface area (Å²) in [4.78, 5) is 12.4. The van der Waals surface area contributed by atoms with Gasteiger partial charge in [-0.25, -0.2) is 8.42 Å². The number of nitrogens with one attached hydrogen (secondary N) is 1. The third kappa shape index (κ3) is 3.85. The molecule has 4 saturated carbocycles. The van der Waals surface area contributed by atoms with Crippen molar-refractivity contribution in [2.45, 2.75) is 56.0 Å². The van der Waals surface area contributed by atoms with Gasteiger partial charge in [0.1, 0.15) is 0 Å². The molecule has 0 radical (unpaired) electrons. The fourth-order valence-electron chi connectivity index (χ4n) is 7.06. The van der Waals surface area contributed by atoms with Gasteiger partial charge in [0.25, 0.3) is 0 Å². The first-order valence-electron chi connectivity index (χ1n) is 11.5. The highest BCUT2D eigenvalue weighted by atomic mass is 32.2. The molecular formula is C23H29F3N2O3S. The van der Waals surface area contributed by atoms with E-state index in [0.717, 1.165) is 35.7 Å². The molecule has 1 N–H and O–H groups in total. The zero-order valence-corrected chi connectivity index (χ0v) is 18.7. The van der Waals surface area contributed by atoms with Crippen molar-refractivity contribution >= 4 is 15.9 Å². The molecule has 0 spiro atoms. The fourth-order valence-corrected chi connectivity index (χ4v) is 8.80. The van der Waals surface area contributed by atoms with Crippen LogP contribution in [0.2, 0.25) is 0 Å². The Labute approximate surface area is 186 Å². The van der Waals surface area contributed by atoms with Gasteiger partial charge in [0.2, 0.25) is 15.9 Å². The van der Waals surface area contributed by atoms with Crippen LogP contribution in [0.5, 0.6) is 0 Å². The highest BCUT2D eigenvalue weighted by molar-refractivity contribution is 7.89. The maximum absolute atomic E-state index is 13.3. The van der Waals surface area contributed by atoms with E-state index in [1.165, 1.54) is 31.4 Å². The van der Waals surface area contributed by atoms with E-state index in [1.54, 1.807) is 0 Å². The van der Waals surface area contributed by atoms with Crippen LogP contribution in [0.3, 0.4) is 0 Å². The second-order valence-electron chi connectivity index (χ2n) is 10.4. The third-order valence-electron chi connectivity index (χ3n) is 8.13. The maximum atomic E-state index is 13.3. The Morgan fingerprint density at radius 3 is 2.25 bits per heavy atom. The fraction of sp³-hybridized carbons (Fsp3) is 0.696. The van der Waals surface area contributed by atoms with Gasteiger partial charge in [-0.1, -0.05) is 12.1 Å². The predicted octanol–water partition coefficient (Wildman–Crippen LogP) is 4.05. The number of halogens is 3. The molecule has 4 bridgehead atoms. The van der Waals surface area contributed by atoms with E-state index in [-0.39, 0.29) is 30.3 Å². The highest BCUT2D eigenvalue weighted by Gasteiger charge is 2.54. The molecule has 176 valence electrons. The van der Waals surface area contributed by atoms with Crippen molar-refractivity contribution in [2.24, 2.45) is 29.1 Å². The molecule has 5 aliphatic rings. The van der Waals surface area contributed by atoms with Gasteiger partial charge < -0.3 is 5.32 Å². The average molecular weight is 471 g/mol. The van der Waals surface area contributed by atoms with Crippen LogP contribution in [0, 0.1) is 29.1 Å². The molecule has 1 aliphatic heterocycles. The number of amides is 1. The summed E-state index contributed by atoms with van der Waals surface area (Å²) in [6, 6.07) is 4.31. The van der Waals surface area contributed by atoms with Gasteiger partial charge in [-0.2, -0.15) is 17.5 Å². The van der Waals surface area contributed by atoms with Gasteiger partial charge in [0.05, 0.1) is 10.5 Å². The average Bonchev–Trinajstić information content (AvgIpc) is 3.20. The lowest BCUT2D eigenvalue weighted by molar-refractivity contribution is -0.146. The zero-order valence-electron chi connectivity index (χ0n) is 17.9. The summed E-state index contributed by atoms with van der Waals surface area (Å²) >= 11 is 0. The summed E-state index contributed by atoms with van der Waals surface area (Å²) < 4.78 is 67.0. The van der Waals surface area contributed by atoms with Gasteiger partial charge in [-0.05, 0) is 80.8 Å². The number of carbonyl (C=O) groups is 1. The molecule has 4 aliphatic carbocycles. The molecule has 1 heterocycles. The van der Waals surface area contributed by atoms with Crippen LogP contribution in [-0.2, 0) is 21.0 Å². The SMILES string of the molecule is O=C(NCC1CCN(S(=O)(=O)c2ccccc2C(F)(F)F)C1)C12CC3CC(CC(C3)C1)C2. The van der Waals surface area contributed by atoms with Crippen molar-refractivity contribution in [3.8, 4) is 0 Å². The van der Waals surface area contributed by atoms with Crippen LogP contribution in [-0.4, -0.2) is 38.3 Å². The van der Waals surface area contributed by atoms with E-state index >= 15 is 0 Å². The molecule has 0 aromatic heterocycles. The highest BCUT2D eigenvalue weighted by Crippen LogP contribution is 2.60. The number of sulfonamides is 1. The number of hydrogen-bond donors (Lipinski definition) is 1. The Hall–Kier alpha value is -1.61. The Morgan fingerprint density at radius 2 is 1.66 bits per heavy atom. The lowest BCUT2D eigenvalue weighted by atomic mass is 9.49. The molecule has 1 aromatic rings. The predicted molar refractivity (Wildman–Crippen MR) is 112 cm³/mol. The number of carbonyl (C=O) groups excluding carboxylic acids is 1.